The van der Waals surface area contributed by atoms with Gasteiger partial charge in [-0.3, -0.25) is 4.79 Å². The van der Waals surface area contributed by atoms with Crippen LogP contribution in [0.4, 0.5) is 5.69 Å². The average Bonchev–Trinajstić information content (AvgIpc) is 3.34. The molecule has 3 rings (SSSR count). The molecule has 2 N–H and O–H groups in total. The lowest BCUT2D eigenvalue weighted by Crippen LogP contribution is -2.43. The number of hydrogen-bond donors (Lipinski definition) is 1. The second kappa shape index (κ2) is 5.94. The maximum absolute atomic E-state index is 12.7. The molecule has 1 saturated carbocycles. The molecule has 4 heteroatoms. The van der Waals surface area contributed by atoms with E-state index in [1.807, 2.05) is 29.2 Å². The first kappa shape index (κ1) is 13.6. The Bertz CT molecular complexity index is 462. The van der Waals surface area contributed by atoms with E-state index in [4.69, 9.17) is 10.5 Å². The normalized spacial score (nSPS) is 22.6. The maximum atomic E-state index is 12.7. The second-order valence-electron chi connectivity index (χ2n) is 5.67. The van der Waals surface area contributed by atoms with Gasteiger partial charge >= 0.3 is 0 Å². The van der Waals surface area contributed by atoms with Crippen LogP contribution in [0.15, 0.2) is 24.3 Å². The van der Waals surface area contributed by atoms with E-state index in [1.54, 1.807) is 0 Å². The summed E-state index contributed by atoms with van der Waals surface area (Å²) in [7, 11) is 0. The molecule has 108 valence electrons. The van der Waals surface area contributed by atoms with Crippen molar-refractivity contribution in [1.29, 1.82) is 0 Å². The fourth-order valence-electron chi connectivity index (χ4n) is 2.73. The number of benzene rings is 1. The minimum absolute atomic E-state index is 0.132. The van der Waals surface area contributed by atoms with Crippen LogP contribution in [0.3, 0.4) is 0 Å². The Morgan fingerprint density at radius 2 is 1.95 bits per heavy atom. The molecule has 20 heavy (non-hydrogen) atoms. The number of anilines is 1. The van der Waals surface area contributed by atoms with Gasteiger partial charge in [-0.25, -0.2) is 0 Å². The number of ether oxygens (including phenoxy) is 1. The van der Waals surface area contributed by atoms with Crippen LogP contribution in [0.5, 0.6) is 0 Å². The molecule has 1 atom stereocenters. The standard InChI is InChI=1S/C16H22N2O2/c17-11-12-4-6-13(7-5-12)18(14-8-9-14)16(19)15-3-1-2-10-20-15/h4-7,14-15H,1-3,8-11,17H2. The van der Waals surface area contributed by atoms with Crippen LogP contribution >= 0.6 is 0 Å². The summed E-state index contributed by atoms with van der Waals surface area (Å²) in [5.74, 6) is 0.132. The predicted molar refractivity (Wildman–Crippen MR) is 78.4 cm³/mol. The van der Waals surface area contributed by atoms with Gasteiger partial charge in [0.25, 0.3) is 5.91 Å². The molecule has 0 aromatic heterocycles. The third kappa shape index (κ3) is 2.86. The molecule has 2 fully saturated rings. The third-order valence-corrected chi connectivity index (χ3v) is 4.05. The molecule has 1 unspecified atom stereocenters. The highest BCUT2D eigenvalue weighted by Gasteiger charge is 2.37. The number of nitrogens with zero attached hydrogens (tertiary/aromatic N) is 1. The molecule has 0 bridgehead atoms. The van der Waals surface area contributed by atoms with E-state index in [0.29, 0.717) is 19.2 Å². The fraction of sp³-hybridized carbons (Fsp3) is 0.562. The summed E-state index contributed by atoms with van der Waals surface area (Å²) < 4.78 is 5.65. The van der Waals surface area contributed by atoms with Gasteiger partial charge in [0, 0.05) is 24.9 Å². The van der Waals surface area contributed by atoms with Crippen molar-refractivity contribution in [3.63, 3.8) is 0 Å². The smallest absolute Gasteiger partial charge is 0.256 e. The monoisotopic (exact) mass is 274 g/mol. The summed E-state index contributed by atoms with van der Waals surface area (Å²) in [5.41, 5.74) is 7.69. The van der Waals surface area contributed by atoms with Crippen molar-refractivity contribution < 1.29 is 9.53 Å². The summed E-state index contributed by atoms with van der Waals surface area (Å²) in [6, 6.07) is 8.36. The first-order valence-electron chi connectivity index (χ1n) is 7.53. The largest absolute Gasteiger partial charge is 0.368 e. The highest BCUT2D eigenvalue weighted by molar-refractivity contribution is 5.97. The van der Waals surface area contributed by atoms with Gasteiger partial charge in [0.2, 0.25) is 0 Å². The van der Waals surface area contributed by atoms with E-state index in [2.05, 4.69) is 0 Å². The lowest BCUT2D eigenvalue weighted by atomic mass is 10.1. The molecule has 1 aliphatic heterocycles. The Balaban J connectivity index is 1.78. The van der Waals surface area contributed by atoms with Crippen LogP contribution in [0.2, 0.25) is 0 Å². The van der Waals surface area contributed by atoms with Gasteiger partial charge in [-0.15, -0.1) is 0 Å². The molecule has 0 radical (unpaired) electrons. The quantitative estimate of drug-likeness (QED) is 0.916. The average molecular weight is 274 g/mol. The van der Waals surface area contributed by atoms with Gasteiger partial charge in [-0.05, 0) is 49.8 Å². The topological polar surface area (TPSA) is 55.6 Å². The van der Waals surface area contributed by atoms with Crippen molar-refractivity contribution in [2.24, 2.45) is 5.73 Å². The number of amides is 1. The van der Waals surface area contributed by atoms with E-state index < -0.39 is 0 Å². The number of rotatable bonds is 4. The second-order valence-corrected chi connectivity index (χ2v) is 5.67. The maximum Gasteiger partial charge on any atom is 0.256 e. The molecule has 0 spiro atoms. The van der Waals surface area contributed by atoms with Gasteiger partial charge in [-0.1, -0.05) is 12.1 Å². The molecule has 1 aliphatic carbocycles. The van der Waals surface area contributed by atoms with Crippen molar-refractivity contribution in [2.45, 2.75) is 50.8 Å². The van der Waals surface area contributed by atoms with Crippen molar-refractivity contribution >= 4 is 11.6 Å². The Morgan fingerprint density at radius 1 is 1.20 bits per heavy atom. The van der Waals surface area contributed by atoms with Crippen LogP contribution in [0.25, 0.3) is 0 Å². The van der Waals surface area contributed by atoms with Gasteiger partial charge in [0.05, 0.1) is 0 Å². The van der Waals surface area contributed by atoms with Crippen LogP contribution in [0.1, 0.15) is 37.7 Å². The van der Waals surface area contributed by atoms with Crippen molar-refractivity contribution in [1.82, 2.24) is 0 Å². The van der Waals surface area contributed by atoms with Crippen molar-refractivity contribution in [2.75, 3.05) is 11.5 Å². The molecular formula is C16H22N2O2. The molecule has 1 aromatic carbocycles. The molecule has 2 aliphatic rings. The Morgan fingerprint density at radius 3 is 2.50 bits per heavy atom. The van der Waals surface area contributed by atoms with E-state index in [1.165, 1.54) is 0 Å². The summed E-state index contributed by atoms with van der Waals surface area (Å²) in [4.78, 5) is 14.7. The van der Waals surface area contributed by atoms with E-state index >= 15 is 0 Å². The highest BCUT2D eigenvalue weighted by Crippen LogP contribution is 2.33. The van der Waals surface area contributed by atoms with Crippen LogP contribution in [0, 0.1) is 0 Å². The highest BCUT2D eigenvalue weighted by atomic mass is 16.5. The third-order valence-electron chi connectivity index (χ3n) is 4.05. The molecule has 1 heterocycles. The summed E-state index contributed by atoms with van der Waals surface area (Å²) in [5, 5.41) is 0. The van der Waals surface area contributed by atoms with Crippen molar-refractivity contribution in [3.8, 4) is 0 Å². The zero-order valence-corrected chi connectivity index (χ0v) is 11.8. The predicted octanol–water partition coefficient (Wildman–Crippen LogP) is 2.21. The number of nitrogens with two attached hydrogens (primary N) is 1. The number of carbonyl (C=O) groups is 1. The van der Waals surface area contributed by atoms with Crippen LogP contribution in [-0.2, 0) is 16.1 Å². The van der Waals surface area contributed by atoms with E-state index in [-0.39, 0.29) is 12.0 Å². The SMILES string of the molecule is NCc1ccc(N(C(=O)C2CCCCO2)C2CC2)cc1. The Kier molecular flexibility index (Phi) is 4.03. The fourth-order valence-corrected chi connectivity index (χ4v) is 2.73. The summed E-state index contributed by atoms with van der Waals surface area (Å²) in [6.07, 6.45) is 4.94. The zero-order chi connectivity index (χ0) is 13.9. The Labute approximate surface area is 119 Å². The summed E-state index contributed by atoms with van der Waals surface area (Å²) in [6.45, 7) is 1.24. The van der Waals surface area contributed by atoms with Crippen LogP contribution < -0.4 is 10.6 Å². The van der Waals surface area contributed by atoms with Crippen LogP contribution in [-0.4, -0.2) is 24.7 Å². The molecule has 1 aromatic rings. The lowest BCUT2D eigenvalue weighted by molar-refractivity contribution is -0.132. The van der Waals surface area contributed by atoms with E-state index in [0.717, 1.165) is 43.4 Å². The first-order valence-corrected chi connectivity index (χ1v) is 7.53. The van der Waals surface area contributed by atoms with E-state index in [9.17, 15) is 4.79 Å². The molecule has 1 saturated heterocycles. The Hall–Kier alpha value is -1.39. The molecule has 4 nitrogen and oxygen atoms in total. The van der Waals surface area contributed by atoms with Gasteiger partial charge in [0.15, 0.2) is 0 Å². The number of hydrogen-bond acceptors (Lipinski definition) is 3. The zero-order valence-electron chi connectivity index (χ0n) is 11.8. The molecule has 1 amide bonds. The first-order chi connectivity index (χ1) is 9.79. The van der Waals surface area contributed by atoms with Gasteiger partial charge < -0.3 is 15.4 Å². The van der Waals surface area contributed by atoms with Gasteiger partial charge in [0.1, 0.15) is 6.10 Å². The molecular weight excluding hydrogens is 252 g/mol. The lowest BCUT2D eigenvalue weighted by Gasteiger charge is -2.29. The number of carbonyl (C=O) groups excluding carboxylic acids is 1. The van der Waals surface area contributed by atoms with Crippen molar-refractivity contribution in [3.05, 3.63) is 29.8 Å². The summed E-state index contributed by atoms with van der Waals surface area (Å²) >= 11 is 0. The minimum Gasteiger partial charge on any atom is -0.368 e. The minimum atomic E-state index is -0.251. The van der Waals surface area contributed by atoms with Gasteiger partial charge in [-0.2, -0.15) is 0 Å².